The van der Waals surface area contributed by atoms with E-state index in [-0.39, 0.29) is 17.1 Å². The molecule has 0 bridgehead atoms. The third-order valence-corrected chi connectivity index (χ3v) is 4.79. The number of H-pyrrole nitrogens is 1. The van der Waals surface area contributed by atoms with Crippen LogP contribution in [0, 0.1) is 12.8 Å². The van der Waals surface area contributed by atoms with E-state index in [0.29, 0.717) is 30.6 Å². The predicted molar refractivity (Wildman–Crippen MR) is 98.0 cm³/mol. The minimum atomic E-state index is -0.396. The third-order valence-electron chi connectivity index (χ3n) is 4.79. The number of aromatic nitrogens is 2. The summed E-state index contributed by atoms with van der Waals surface area (Å²) in [7, 11) is 0. The van der Waals surface area contributed by atoms with E-state index in [0.717, 1.165) is 6.42 Å². The summed E-state index contributed by atoms with van der Waals surface area (Å²) >= 11 is 0. The number of ether oxygens (including phenoxy) is 1. The van der Waals surface area contributed by atoms with Crippen LogP contribution in [0.4, 0.5) is 0 Å². The molecule has 1 aromatic rings. The Labute approximate surface area is 149 Å². The molecule has 1 aliphatic carbocycles. The molecule has 2 N–H and O–H groups in total. The lowest BCUT2D eigenvalue weighted by atomic mass is 9.88. The number of aryl methyl sites for hydroxylation is 1. The molecule has 0 aromatic carbocycles. The molecule has 1 saturated carbocycles. The number of carbonyl (C=O) groups excluding carboxylic acids is 1. The van der Waals surface area contributed by atoms with Gasteiger partial charge in [0.2, 0.25) is 0 Å². The first-order chi connectivity index (χ1) is 11.7. The van der Waals surface area contributed by atoms with E-state index in [1.54, 1.807) is 6.92 Å². The fraction of sp³-hybridized carbons (Fsp3) is 0.737. The Morgan fingerprint density at radius 1 is 1.32 bits per heavy atom. The lowest BCUT2D eigenvalue weighted by molar-refractivity contribution is -0.00294. The van der Waals surface area contributed by atoms with Crippen molar-refractivity contribution in [3.05, 3.63) is 27.4 Å². The first kappa shape index (κ1) is 19.6. The van der Waals surface area contributed by atoms with Crippen molar-refractivity contribution in [1.82, 2.24) is 15.3 Å². The first-order valence-electron chi connectivity index (χ1n) is 9.21. The molecule has 140 valence electrons. The van der Waals surface area contributed by atoms with Crippen molar-refractivity contribution < 1.29 is 9.53 Å². The van der Waals surface area contributed by atoms with Gasteiger partial charge in [-0.15, -0.1) is 0 Å². The molecule has 1 aromatic heterocycles. The summed E-state index contributed by atoms with van der Waals surface area (Å²) < 4.78 is 5.89. The van der Waals surface area contributed by atoms with Gasteiger partial charge in [-0.2, -0.15) is 0 Å². The molecule has 1 aliphatic rings. The van der Waals surface area contributed by atoms with E-state index < -0.39 is 11.5 Å². The highest BCUT2D eigenvalue weighted by Gasteiger charge is 2.23. The largest absolute Gasteiger partial charge is 0.376 e. The average Bonchev–Trinajstić information content (AvgIpc) is 2.51. The number of nitrogens with zero attached hydrogens (tertiary/aromatic N) is 1. The maximum atomic E-state index is 12.3. The monoisotopic (exact) mass is 349 g/mol. The van der Waals surface area contributed by atoms with Crippen LogP contribution in [0.2, 0.25) is 0 Å². The molecule has 0 saturated heterocycles. The highest BCUT2D eigenvalue weighted by atomic mass is 16.5. The van der Waals surface area contributed by atoms with Gasteiger partial charge in [-0.25, -0.2) is 4.98 Å². The normalized spacial score (nSPS) is 21.2. The number of hydrogen-bond donors (Lipinski definition) is 2. The van der Waals surface area contributed by atoms with Crippen molar-refractivity contribution in [3.8, 4) is 0 Å². The van der Waals surface area contributed by atoms with E-state index in [1.165, 1.54) is 19.3 Å². The van der Waals surface area contributed by atoms with E-state index in [9.17, 15) is 9.59 Å². The van der Waals surface area contributed by atoms with Crippen LogP contribution in [0.5, 0.6) is 0 Å². The minimum absolute atomic E-state index is 0.0824. The fourth-order valence-corrected chi connectivity index (χ4v) is 3.20. The van der Waals surface area contributed by atoms with Gasteiger partial charge in [-0.1, -0.05) is 40.5 Å². The molecular formula is C19H31N3O3. The topological polar surface area (TPSA) is 84.1 Å². The van der Waals surface area contributed by atoms with Gasteiger partial charge in [-0.3, -0.25) is 9.59 Å². The molecular weight excluding hydrogens is 318 g/mol. The second-order valence-corrected chi connectivity index (χ2v) is 8.05. The number of rotatable bonds is 5. The summed E-state index contributed by atoms with van der Waals surface area (Å²) in [6.07, 6.45) is 5.06. The lowest BCUT2D eigenvalue weighted by Crippen LogP contribution is -2.36. The van der Waals surface area contributed by atoms with Crippen molar-refractivity contribution in [2.24, 2.45) is 5.92 Å². The Bertz CT molecular complexity index is 661. The van der Waals surface area contributed by atoms with E-state index in [2.05, 4.69) is 22.2 Å². The van der Waals surface area contributed by atoms with E-state index >= 15 is 0 Å². The molecule has 0 aliphatic heterocycles. The zero-order valence-corrected chi connectivity index (χ0v) is 16.1. The Kier molecular flexibility index (Phi) is 6.38. The van der Waals surface area contributed by atoms with Crippen LogP contribution in [0.15, 0.2) is 4.79 Å². The van der Waals surface area contributed by atoms with Crippen LogP contribution in [-0.4, -0.2) is 35.1 Å². The number of hydrogen-bond acceptors (Lipinski definition) is 4. The Hall–Kier alpha value is -1.69. The van der Waals surface area contributed by atoms with Gasteiger partial charge < -0.3 is 15.0 Å². The zero-order chi connectivity index (χ0) is 18.6. The summed E-state index contributed by atoms with van der Waals surface area (Å²) in [5, 5.41) is 2.77. The standard InChI is InChI=1S/C19H31N3O3/c1-12-8-6-7-9-14(12)25-11-10-20-16(23)15-13(2)21-18(19(3,4)5)22-17(15)24/h12,14H,6-11H2,1-5H3,(H,20,23)(H,21,22,24)/t12-,14+/m0/s1. The van der Waals surface area contributed by atoms with Gasteiger partial charge in [0.15, 0.2) is 0 Å². The van der Waals surface area contributed by atoms with Crippen LogP contribution in [0.25, 0.3) is 0 Å². The summed E-state index contributed by atoms with van der Waals surface area (Å²) in [6, 6.07) is 0. The molecule has 0 radical (unpaired) electrons. The molecule has 25 heavy (non-hydrogen) atoms. The molecule has 0 spiro atoms. The third kappa shape index (κ3) is 5.14. The van der Waals surface area contributed by atoms with Gasteiger partial charge in [0.1, 0.15) is 11.4 Å². The smallest absolute Gasteiger partial charge is 0.264 e. The van der Waals surface area contributed by atoms with Crippen LogP contribution < -0.4 is 10.9 Å². The highest BCUT2D eigenvalue weighted by Crippen LogP contribution is 2.26. The summed E-state index contributed by atoms with van der Waals surface area (Å²) in [5.74, 6) is 0.761. The maximum absolute atomic E-state index is 12.3. The second-order valence-electron chi connectivity index (χ2n) is 8.05. The van der Waals surface area contributed by atoms with Crippen LogP contribution in [0.3, 0.4) is 0 Å². The van der Waals surface area contributed by atoms with E-state index in [1.807, 2.05) is 20.8 Å². The van der Waals surface area contributed by atoms with Crippen LogP contribution >= 0.6 is 0 Å². The minimum Gasteiger partial charge on any atom is -0.376 e. The van der Waals surface area contributed by atoms with Crippen molar-refractivity contribution >= 4 is 5.91 Å². The molecule has 1 heterocycles. The molecule has 2 atom stereocenters. The summed E-state index contributed by atoms with van der Waals surface area (Å²) in [6.45, 7) is 10.7. The quantitative estimate of drug-likeness (QED) is 0.801. The molecule has 0 unspecified atom stereocenters. The van der Waals surface area contributed by atoms with Crippen molar-refractivity contribution in [1.29, 1.82) is 0 Å². The number of carbonyl (C=O) groups is 1. The lowest BCUT2D eigenvalue weighted by Gasteiger charge is -2.28. The Morgan fingerprint density at radius 3 is 2.60 bits per heavy atom. The second kappa shape index (κ2) is 8.13. The van der Waals surface area contributed by atoms with Gasteiger partial charge >= 0.3 is 0 Å². The Morgan fingerprint density at radius 2 is 2.00 bits per heavy atom. The number of aromatic amines is 1. The SMILES string of the molecule is Cc1nc(C(C)(C)C)[nH]c(=O)c1C(=O)NCCO[C@@H]1CCCC[C@@H]1C. The van der Waals surface area contributed by atoms with Gasteiger partial charge in [-0.05, 0) is 25.7 Å². The summed E-state index contributed by atoms with van der Waals surface area (Å²) in [4.78, 5) is 31.7. The molecule has 6 heteroatoms. The van der Waals surface area contributed by atoms with Crippen molar-refractivity contribution in [2.45, 2.75) is 71.8 Å². The van der Waals surface area contributed by atoms with Crippen LogP contribution in [-0.2, 0) is 10.2 Å². The number of nitrogens with one attached hydrogen (secondary N) is 2. The summed E-state index contributed by atoms with van der Waals surface area (Å²) in [5.41, 5.74) is -0.132. The fourth-order valence-electron chi connectivity index (χ4n) is 3.20. The maximum Gasteiger partial charge on any atom is 0.264 e. The van der Waals surface area contributed by atoms with E-state index in [4.69, 9.17) is 4.74 Å². The Balaban J connectivity index is 1.91. The van der Waals surface area contributed by atoms with Gasteiger partial charge in [0, 0.05) is 12.0 Å². The predicted octanol–water partition coefficient (Wildman–Crippen LogP) is 2.70. The van der Waals surface area contributed by atoms with Gasteiger partial charge in [0.05, 0.1) is 18.4 Å². The average molecular weight is 349 g/mol. The van der Waals surface area contributed by atoms with Crippen molar-refractivity contribution in [2.75, 3.05) is 13.2 Å². The molecule has 2 rings (SSSR count). The molecule has 1 fully saturated rings. The zero-order valence-electron chi connectivity index (χ0n) is 16.1. The molecule has 6 nitrogen and oxygen atoms in total. The molecule has 1 amide bonds. The van der Waals surface area contributed by atoms with Gasteiger partial charge in [0.25, 0.3) is 11.5 Å². The van der Waals surface area contributed by atoms with Crippen LogP contribution in [0.1, 0.15) is 75.3 Å². The first-order valence-corrected chi connectivity index (χ1v) is 9.21. The highest BCUT2D eigenvalue weighted by molar-refractivity contribution is 5.94. The number of amides is 1. The van der Waals surface area contributed by atoms with Crippen molar-refractivity contribution in [3.63, 3.8) is 0 Å².